The van der Waals surface area contributed by atoms with Crippen LogP contribution >= 0.6 is 0 Å². The van der Waals surface area contributed by atoms with Crippen molar-refractivity contribution in [3.63, 3.8) is 0 Å². The van der Waals surface area contributed by atoms with Gasteiger partial charge in [0.15, 0.2) is 0 Å². The van der Waals surface area contributed by atoms with Crippen molar-refractivity contribution in [3.05, 3.63) is 0 Å². The predicted octanol–water partition coefficient (Wildman–Crippen LogP) is 2.41. The van der Waals surface area contributed by atoms with E-state index in [9.17, 15) is 0 Å². The highest BCUT2D eigenvalue weighted by molar-refractivity contribution is 6.62. The Morgan fingerprint density at radius 1 is 0.941 bits per heavy atom. The maximum absolute atomic E-state index is 5.93. The Bertz CT molecular complexity index is 176. The van der Waals surface area contributed by atoms with E-state index in [1.54, 1.807) is 0 Å². The van der Waals surface area contributed by atoms with Gasteiger partial charge < -0.3 is 19.0 Å². The van der Waals surface area contributed by atoms with Crippen LogP contribution in [0, 0.1) is 5.92 Å². The zero-order valence-electron chi connectivity index (χ0n) is 12.0. The highest BCUT2D eigenvalue weighted by Crippen LogP contribution is 2.35. The van der Waals surface area contributed by atoms with E-state index < -0.39 is 8.80 Å². The molecule has 2 unspecified atom stereocenters. The first kappa shape index (κ1) is 17.1. The van der Waals surface area contributed by atoms with E-state index in [0.29, 0.717) is 32.3 Å². The second-order valence-electron chi connectivity index (χ2n) is 4.13. The zero-order valence-corrected chi connectivity index (χ0v) is 13.0. The Morgan fingerprint density at radius 3 is 1.59 bits per heavy atom. The summed E-state index contributed by atoms with van der Waals surface area (Å²) < 4.78 is 17.8. The van der Waals surface area contributed by atoms with Gasteiger partial charge in [-0.15, -0.1) is 0 Å². The van der Waals surface area contributed by atoms with Gasteiger partial charge in [0, 0.05) is 25.4 Å². The maximum Gasteiger partial charge on any atom is 0.504 e. The first-order valence-electron chi connectivity index (χ1n) is 6.73. The molecule has 0 fully saturated rings. The molecule has 0 rings (SSSR count). The van der Waals surface area contributed by atoms with Crippen molar-refractivity contribution < 1.29 is 13.3 Å². The molecule has 0 aromatic rings. The monoisotopic (exact) mass is 263 g/mol. The third-order valence-corrected chi connectivity index (χ3v) is 6.95. The Hall–Kier alpha value is 0.0569. The molecule has 0 aliphatic heterocycles. The summed E-state index contributed by atoms with van der Waals surface area (Å²) in [5.74, 6) is 0.358. The number of rotatable bonds is 10. The third kappa shape index (κ3) is 4.67. The van der Waals surface area contributed by atoms with Crippen LogP contribution in [0.3, 0.4) is 0 Å². The van der Waals surface area contributed by atoms with Crippen molar-refractivity contribution in [2.45, 2.75) is 46.6 Å². The van der Waals surface area contributed by atoms with Crippen LogP contribution in [0.1, 0.15) is 41.0 Å². The molecule has 0 aromatic heterocycles. The van der Waals surface area contributed by atoms with E-state index in [2.05, 4.69) is 13.8 Å². The first-order chi connectivity index (χ1) is 8.11. The molecule has 0 saturated carbocycles. The van der Waals surface area contributed by atoms with Crippen LogP contribution in [0.25, 0.3) is 0 Å². The molecule has 0 saturated heterocycles. The molecular weight excluding hydrogens is 234 g/mol. The molecule has 2 N–H and O–H groups in total. The summed E-state index contributed by atoms with van der Waals surface area (Å²) in [6.07, 6.45) is 0.977. The van der Waals surface area contributed by atoms with Gasteiger partial charge in [0.25, 0.3) is 0 Å². The summed E-state index contributed by atoms with van der Waals surface area (Å²) in [5, 5.41) is 0. The van der Waals surface area contributed by atoms with E-state index >= 15 is 0 Å². The second kappa shape index (κ2) is 9.05. The standard InChI is InChI=1S/C12H29NO3Si/c1-6-12(11(5)10-13)17(14-7-2,15-8-3)16-9-4/h11-12H,6-10,13H2,1-5H3. The van der Waals surface area contributed by atoms with Gasteiger partial charge in [0.2, 0.25) is 0 Å². The van der Waals surface area contributed by atoms with Crippen molar-refractivity contribution in [2.75, 3.05) is 26.4 Å². The second-order valence-corrected chi connectivity index (χ2v) is 6.95. The number of nitrogens with two attached hydrogens (primary N) is 1. The van der Waals surface area contributed by atoms with E-state index in [4.69, 9.17) is 19.0 Å². The Morgan fingerprint density at radius 2 is 1.35 bits per heavy atom. The fourth-order valence-corrected chi connectivity index (χ4v) is 5.65. The molecule has 0 bridgehead atoms. The number of hydrogen-bond donors (Lipinski definition) is 1. The minimum atomic E-state index is -2.59. The summed E-state index contributed by atoms with van der Waals surface area (Å²) in [4.78, 5) is 0. The molecule has 0 spiro atoms. The molecule has 0 radical (unpaired) electrons. The lowest BCUT2D eigenvalue weighted by Gasteiger charge is -2.37. The largest absolute Gasteiger partial charge is 0.504 e. The van der Waals surface area contributed by atoms with Gasteiger partial charge in [-0.05, 0) is 39.7 Å². The Kier molecular flexibility index (Phi) is 9.08. The molecule has 104 valence electrons. The first-order valence-corrected chi connectivity index (χ1v) is 8.53. The Balaban J connectivity index is 5.03. The SMILES string of the molecule is CCO[Si](OCC)(OCC)C(CC)C(C)CN. The third-order valence-electron chi connectivity index (χ3n) is 2.99. The van der Waals surface area contributed by atoms with Crippen LogP contribution in [-0.2, 0) is 13.3 Å². The van der Waals surface area contributed by atoms with E-state index in [0.717, 1.165) is 6.42 Å². The van der Waals surface area contributed by atoms with Crippen LogP contribution < -0.4 is 5.73 Å². The molecule has 4 nitrogen and oxygen atoms in total. The average Bonchev–Trinajstić information content (AvgIpc) is 2.30. The molecule has 17 heavy (non-hydrogen) atoms. The van der Waals surface area contributed by atoms with E-state index in [-0.39, 0.29) is 5.54 Å². The van der Waals surface area contributed by atoms with Gasteiger partial charge in [0.1, 0.15) is 0 Å². The average molecular weight is 263 g/mol. The molecule has 5 heteroatoms. The smallest absolute Gasteiger partial charge is 0.374 e. The van der Waals surface area contributed by atoms with E-state index in [1.165, 1.54) is 0 Å². The van der Waals surface area contributed by atoms with Gasteiger partial charge in [0.05, 0.1) is 0 Å². The molecule has 0 aromatic carbocycles. The molecule has 0 amide bonds. The molecule has 0 aliphatic carbocycles. The Labute approximate surface area is 107 Å². The van der Waals surface area contributed by atoms with Crippen LogP contribution in [0.4, 0.5) is 0 Å². The predicted molar refractivity (Wildman–Crippen MR) is 72.9 cm³/mol. The normalized spacial score (nSPS) is 15.9. The van der Waals surface area contributed by atoms with Crippen LogP contribution in [0.5, 0.6) is 0 Å². The van der Waals surface area contributed by atoms with Crippen molar-refractivity contribution in [1.82, 2.24) is 0 Å². The molecule has 2 atom stereocenters. The molecular formula is C12H29NO3Si. The highest BCUT2D eigenvalue weighted by Gasteiger charge is 2.50. The lowest BCUT2D eigenvalue weighted by atomic mass is 10.1. The lowest BCUT2D eigenvalue weighted by molar-refractivity contribution is 0.0542. The van der Waals surface area contributed by atoms with Gasteiger partial charge in [-0.2, -0.15) is 0 Å². The molecule has 0 heterocycles. The van der Waals surface area contributed by atoms with Crippen molar-refractivity contribution >= 4 is 8.80 Å². The van der Waals surface area contributed by atoms with Crippen LogP contribution in [0.15, 0.2) is 0 Å². The van der Waals surface area contributed by atoms with Crippen LogP contribution in [0.2, 0.25) is 5.54 Å². The van der Waals surface area contributed by atoms with E-state index in [1.807, 2.05) is 20.8 Å². The van der Waals surface area contributed by atoms with Crippen molar-refractivity contribution in [1.29, 1.82) is 0 Å². The summed E-state index contributed by atoms with van der Waals surface area (Å²) >= 11 is 0. The van der Waals surface area contributed by atoms with Crippen molar-refractivity contribution in [2.24, 2.45) is 11.7 Å². The molecule has 0 aliphatic rings. The van der Waals surface area contributed by atoms with Gasteiger partial charge in [-0.1, -0.05) is 13.8 Å². The van der Waals surface area contributed by atoms with Gasteiger partial charge >= 0.3 is 8.80 Å². The van der Waals surface area contributed by atoms with Gasteiger partial charge in [-0.3, -0.25) is 0 Å². The zero-order chi connectivity index (χ0) is 13.3. The minimum Gasteiger partial charge on any atom is -0.374 e. The van der Waals surface area contributed by atoms with Crippen molar-refractivity contribution in [3.8, 4) is 0 Å². The van der Waals surface area contributed by atoms with Crippen LogP contribution in [-0.4, -0.2) is 35.2 Å². The van der Waals surface area contributed by atoms with Gasteiger partial charge in [-0.25, -0.2) is 0 Å². The highest BCUT2D eigenvalue weighted by atomic mass is 28.4. The summed E-state index contributed by atoms with van der Waals surface area (Å²) in [5.41, 5.74) is 6.07. The fraction of sp³-hybridized carbons (Fsp3) is 1.00. The lowest BCUT2D eigenvalue weighted by Crippen LogP contribution is -2.52. The topological polar surface area (TPSA) is 53.7 Å². The summed E-state index contributed by atoms with van der Waals surface area (Å²) in [7, 11) is -2.59. The quantitative estimate of drug-likeness (QED) is 0.615. The summed E-state index contributed by atoms with van der Waals surface area (Å²) in [6.45, 7) is 12.8. The maximum atomic E-state index is 5.93. The summed E-state index contributed by atoms with van der Waals surface area (Å²) in [6, 6.07) is 0. The number of hydrogen-bond acceptors (Lipinski definition) is 4. The fourth-order valence-electron chi connectivity index (χ4n) is 2.21. The minimum absolute atomic E-state index is 0.285.